The van der Waals surface area contributed by atoms with E-state index in [-0.39, 0.29) is 4.90 Å². The molecule has 0 aliphatic carbocycles. The molecule has 0 spiro atoms. The summed E-state index contributed by atoms with van der Waals surface area (Å²) in [5, 5.41) is 12.0. The van der Waals surface area contributed by atoms with Gasteiger partial charge in [0.2, 0.25) is 10.0 Å². The monoisotopic (exact) mass is 479 g/mol. The lowest BCUT2D eigenvalue weighted by Gasteiger charge is -2.17. The maximum atomic E-state index is 12.9. The molecule has 5 rings (SSSR count). The second-order valence-electron chi connectivity index (χ2n) is 8.30. The Kier molecular flexibility index (Phi) is 5.23. The van der Waals surface area contributed by atoms with E-state index >= 15 is 0 Å². The zero-order valence-corrected chi connectivity index (χ0v) is 19.5. The minimum Gasteiger partial charge on any atom is -0.480 e. The quantitative estimate of drug-likeness (QED) is 0.318. The van der Waals surface area contributed by atoms with Crippen LogP contribution in [0.25, 0.3) is 42.5 Å². The number of rotatable bonds is 6. The average molecular weight is 480 g/mol. The first-order chi connectivity index (χ1) is 15.7. The van der Waals surface area contributed by atoms with Gasteiger partial charge in [0.05, 0.1) is 4.90 Å². The summed E-state index contributed by atoms with van der Waals surface area (Å²) in [6.45, 7) is 3.31. The third-order valence-corrected chi connectivity index (χ3v) is 8.28. The second-order valence-corrected chi connectivity index (χ2v) is 11.1. The van der Waals surface area contributed by atoms with E-state index < -0.39 is 28.0 Å². The van der Waals surface area contributed by atoms with Crippen LogP contribution in [0.3, 0.4) is 0 Å². The number of fused-ring (bicyclic) bond motifs is 4. The molecule has 168 valence electrons. The van der Waals surface area contributed by atoms with E-state index in [4.69, 9.17) is 4.42 Å². The van der Waals surface area contributed by atoms with Gasteiger partial charge in [-0.25, -0.2) is 8.42 Å². The SMILES string of the molecule is CC(C)[C@@H](NS(=O)(=O)c1ccc2oc3cc(-c4cc5ccccc5s4)ccc3c2c1)C(=O)O. The molecule has 1 atom stereocenters. The zero-order chi connectivity index (χ0) is 23.3. The number of thiophene rings is 1. The predicted octanol–water partition coefficient (Wildman–Crippen LogP) is 5.86. The number of aliphatic carboxylic acids is 1. The zero-order valence-electron chi connectivity index (χ0n) is 17.9. The number of carbonyl (C=O) groups is 1. The van der Waals surface area contributed by atoms with Crippen molar-refractivity contribution < 1.29 is 22.7 Å². The summed E-state index contributed by atoms with van der Waals surface area (Å²) in [7, 11) is -4.02. The number of nitrogens with one attached hydrogen (secondary N) is 1. The van der Waals surface area contributed by atoms with Gasteiger partial charge in [-0.2, -0.15) is 4.72 Å². The summed E-state index contributed by atoms with van der Waals surface area (Å²) in [5.41, 5.74) is 2.25. The van der Waals surface area contributed by atoms with E-state index in [2.05, 4.69) is 22.9 Å². The van der Waals surface area contributed by atoms with Crippen LogP contribution < -0.4 is 4.72 Å². The third-order valence-electron chi connectivity index (χ3n) is 5.68. The van der Waals surface area contributed by atoms with Gasteiger partial charge < -0.3 is 9.52 Å². The average Bonchev–Trinajstić information content (AvgIpc) is 3.37. The molecule has 0 unspecified atom stereocenters. The van der Waals surface area contributed by atoms with E-state index in [1.54, 1.807) is 31.3 Å². The number of carboxylic acid groups (broad SMARTS) is 1. The molecule has 8 heteroatoms. The molecule has 0 bridgehead atoms. The molecule has 6 nitrogen and oxygen atoms in total. The van der Waals surface area contributed by atoms with Gasteiger partial charge in [0.15, 0.2) is 0 Å². The molecule has 33 heavy (non-hydrogen) atoms. The smallest absolute Gasteiger partial charge is 0.322 e. The van der Waals surface area contributed by atoms with E-state index in [0.29, 0.717) is 16.6 Å². The maximum Gasteiger partial charge on any atom is 0.322 e. The molecule has 2 heterocycles. The molecular weight excluding hydrogens is 458 g/mol. The lowest BCUT2D eigenvalue weighted by Crippen LogP contribution is -2.44. The molecular formula is C25H21NO5S2. The number of carboxylic acids is 1. The Labute approximate surface area is 194 Å². The van der Waals surface area contributed by atoms with Gasteiger partial charge in [-0.1, -0.05) is 38.1 Å². The van der Waals surface area contributed by atoms with Crippen molar-refractivity contribution in [1.29, 1.82) is 0 Å². The Morgan fingerprint density at radius 3 is 2.48 bits per heavy atom. The summed E-state index contributed by atoms with van der Waals surface area (Å²) in [4.78, 5) is 12.6. The molecule has 3 aromatic carbocycles. The summed E-state index contributed by atoms with van der Waals surface area (Å²) < 4.78 is 35.3. The molecule has 5 aromatic rings. The highest BCUT2D eigenvalue weighted by Crippen LogP contribution is 2.37. The minimum atomic E-state index is -4.02. The van der Waals surface area contributed by atoms with Crippen LogP contribution in [-0.4, -0.2) is 25.5 Å². The van der Waals surface area contributed by atoms with Crippen molar-refractivity contribution in [2.75, 3.05) is 0 Å². The fourth-order valence-corrected chi connectivity index (χ4v) is 6.33. The van der Waals surface area contributed by atoms with E-state index in [9.17, 15) is 18.3 Å². The predicted molar refractivity (Wildman–Crippen MR) is 131 cm³/mol. The standard InChI is InChI=1S/C25H21NO5S2/c1-14(2)24(25(27)28)26-33(29,30)17-8-10-20-19(13-17)18-9-7-16(11-21(18)31-20)23-12-15-5-3-4-6-22(15)32-23/h3-14,24,26H,1-2H3,(H,27,28)/t24-/m1/s1. The number of furan rings is 1. The third kappa shape index (κ3) is 3.90. The number of sulfonamides is 1. The lowest BCUT2D eigenvalue weighted by molar-refractivity contribution is -0.140. The Hall–Kier alpha value is -3.20. The van der Waals surface area contributed by atoms with Crippen LogP contribution >= 0.6 is 11.3 Å². The highest BCUT2D eigenvalue weighted by Gasteiger charge is 2.28. The van der Waals surface area contributed by atoms with Crippen molar-refractivity contribution in [3.8, 4) is 10.4 Å². The molecule has 2 N–H and O–H groups in total. The minimum absolute atomic E-state index is 0.00168. The normalized spacial score (nSPS) is 13.3. The van der Waals surface area contributed by atoms with Crippen molar-refractivity contribution in [3.05, 3.63) is 66.7 Å². The van der Waals surface area contributed by atoms with Crippen molar-refractivity contribution in [2.45, 2.75) is 24.8 Å². The van der Waals surface area contributed by atoms with E-state index in [1.165, 1.54) is 22.2 Å². The molecule has 0 saturated carbocycles. The topological polar surface area (TPSA) is 96.6 Å². The van der Waals surface area contributed by atoms with Crippen molar-refractivity contribution in [3.63, 3.8) is 0 Å². The fourth-order valence-electron chi connectivity index (χ4n) is 3.91. The van der Waals surface area contributed by atoms with Crippen LogP contribution in [0.1, 0.15) is 13.8 Å². The van der Waals surface area contributed by atoms with Gasteiger partial charge in [-0.15, -0.1) is 11.3 Å². The summed E-state index contributed by atoms with van der Waals surface area (Å²) in [6.07, 6.45) is 0. The summed E-state index contributed by atoms with van der Waals surface area (Å²) in [6, 6.07) is 19.6. The van der Waals surface area contributed by atoms with Gasteiger partial charge in [0.1, 0.15) is 17.2 Å². The Bertz CT molecular complexity index is 1600. The van der Waals surface area contributed by atoms with Gasteiger partial charge in [-0.3, -0.25) is 4.79 Å². The molecule has 0 aliphatic rings. The molecule has 0 aliphatic heterocycles. The molecule has 2 aromatic heterocycles. The van der Waals surface area contributed by atoms with Crippen LogP contribution in [-0.2, 0) is 14.8 Å². The number of hydrogen-bond donors (Lipinski definition) is 2. The van der Waals surface area contributed by atoms with Crippen LogP contribution in [0, 0.1) is 5.92 Å². The van der Waals surface area contributed by atoms with Crippen molar-refractivity contribution in [2.24, 2.45) is 5.92 Å². The van der Waals surface area contributed by atoms with Gasteiger partial charge >= 0.3 is 5.97 Å². The lowest BCUT2D eigenvalue weighted by atomic mass is 10.1. The highest BCUT2D eigenvalue weighted by molar-refractivity contribution is 7.89. The van der Waals surface area contributed by atoms with E-state index in [0.717, 1.165) is 15.8 Å². The first-order valence-corrected chi connectivity index (χ1v) is 12.7. The second kappa shape index (κ2) is 7.98. The molecule has 0 saturated heterocycles. The van der Waals surface area contributed by atoms with Gasteiger partial charge in [-0.05, 0) is 59.3 Å². The molecule has 0 fully saturated rings. The Morgan fingerprint density at radius 1 is 0.970 bits per heavy atom. The van der Waals surface area contributed by atoms with Crippen LogP contribution in [0.2, 0.25) is 0 Å². The van der Waals surface area contributed by atoms with E-state index in [1.807, 2.05) is 30.3 Å². The summed E-state index contributed by atoms with van der Waals surface area (Å²) >= 11 is 1.70. The van der Waals surface area contributed by atoms with Crippen molar-refractivity contribution in [1.82, 2.24) is 4.72 Å². The maximum absolute atomic E-state index is 12.9. The number of hydrogen-bond acceptors (Lipinski definition) is 5. The Balaban J connectivity index is 1.55. The summed E-state index contributed by atoms with van der Waals surface area (Å²) in [5.74, 6) is -1.61. The first-order valence-electron chi connectivity index (χ1n) is 10.4. The highest BCUT2D eigenvalue weighted by atomic mass is 32.2. The Morgan fingerprint density at radius 2 is 1.76 bits per heavy atom. The first kappa shape index (κ1) is 21.6. The molecule has 0 radical (unpaired) electrons. The largest absolute Gasteiger partial charge is 0.480 e. The fraction of sp³-hybridized carbons (Fsp3) is 0.160. The number of benzene rings is 3. The molecule has 0 amide bonds. The van der Waals surface area contributed by atoms with Crippen LogP contribution in [0.4, 0.5) is 0 Å². The van der Waals surface area contributed by atoms with Crippen LogP contribution in [0.5, 0.6) is 0 Å². The van der Waals surface area contributed by atoms with Crippen LogP contribution in [0.15, 0.2) is 76.0 Å². The van der Waals surface area contributed by atoms with Crippen molar-refractivity contribution >= 4 is 59.4 Å². The van der Waals surface area contributed by atoms with Gasteiger partial charge in [0, 0.05) is 20.3 Å². The van der Waals surface area contributed by atoms with Gasteiger partial charge in [0.25, 0.3) is 0 Å².